The Kier molecular flexibility index (Phi) is 8.03. The second kappa shape index (κ2) is 11.1. The highest BCUT2D eigenvalue weighted by molar-refractivity contribution is 7.92. The lowest BCUT2D eigenvalue weighted by Crippen LogP contribution is -2.54. The van der Waals surface area contributed by atoms with Crippen molar-refractivity contribution in [3.8, 4) is 11.3 Å². The lowest BCUT2D eigenvalue weighted by molar-refractivity contribution is 0.000557. The summed E-state index contributed by atoms with van der Waals surface area (Å²) in [4.78, 5) is 20.7. The molecule has 3 aromatic rings. The van der Waals surface area contributed by atoms with E-state index in [1.165, 1.54) is 24.4 Å². The van der Waals surface area contributed by atoms with Crippen molar-refractivity contribution >= 4 is 21.8 Å². The van der Waals surface area contributed by atoms with Gasteiger partial charge in [0.2, 0.25) is 0 Å². The van der Waals surface area contributed by atoms with Gasteiger partial charge < -0.3 is 9.64 Å². The second-order valence-electron chi connectivity index (χ2n) is 10.4. The summed E-state index contributed by atoms with van der Waals surface area (Å²) in [6.45, 7) is 10.3. The zero-order valence-electron chi connectivity index (χ0n) is 22.0. The number of carbonyl (C=O) groups excluding carboxylic acids is 1. The van der Waals surface area contributed by atoms with E-state index in [9.17, 15) is 17.6 Å². The van der Waals surface area contributed by atoms with E-state index in [2.05, 4.69) is 14.6 Å². The molecule has 1 N–H and O–H groups in total. The summed E-state index contributed by atoms with van der Waals surface area (Å²) in [5.41, 5.74) is 2.20. The van der Waals surface area contributed by atoms with Crippen LogP contribution in [0.4, 0.5) is 14.9 Å². The number of aromatic nitrogens is 1. The number of carbonyl (C=O) groups is 1. The Bertz CT molecular complexity index is 1360. The van der Waals surface area contributed by atoms with Crippen LogP contribution in [0.15, 0.2) is 71.8 Å². The maximum Gasteiger partial charge on any atom is 0.410 e. The number of benzene rings is 2. The van der Waals surface area contributed by atoms with Crippen molar-refractivity contribution in [2.45, 2.75) is 50.8 Å². The number of sulfonamides is 1. The van der Waals surface area contributed by atoms with Gasteiger partial charge in [-0.25, -0.2) is 17.6 Å². The fourth-order valence-corrected chi connectivity index (χ4v) is 5.25. The molecule has 0 spiro atoms. The molecule has 0 bridgehead atoms. The van der Waals surface area contributed by atoms with Crippen molar-refractivity contribution in [2.24, 2.45) is 0 Å². The zero-order chi connectivity index (χ0) is 27.5. The van der Waals surface area contributed by atoms with Crippen molar-refractivity contribution in [3.63, 3.8) is 0 Å². The van der Waals surface area contributed by atoms with Crippen LogP contribution >= 0.6 is 0 Å². The summed E-state index contributed by atoms with van der Waals surface area (Å²) in [6.07, 6.45) is 0.995. The van der Waals surface area contributed by atoms with Gasteiger partial charge in [-0.1, -0.05) is 12.1 Å². The zero-order valence-corrected chi connectivity index (χ0v) is 22.8. The lowest BCUT2D eigenvalue weighted by Gasteiger charge is -2.40. The van der Waals surface area contributed by atoms with E-state index in [1.807, 2.05) is 39.8 Å². The van der Waals surface area contributed by atoms with E-state index in [4.69, 9.17) is 4.74 Å². The molecular weight excluding hydrogens is 507 g/mol. The number of amides is 1. The van der Waals surface area contributed by atoms with Gasteiger partial charge in [0.25, 0.3) is 10.0 Å². The van der Waals surface area contributed by atoms with Gasteiger partial charge in [0.15, 0.2) is 0 Å². The molecule has 0 radical (unpaired) electrons. The predicted molar refractivity (Wildman–Crippen MR) is 145 cm³/mol. The SMILES string of the molecule is C[C@H]1CN(Cc2ccc(NS(=O)(=O)c3ccc(-c4ccc(F)cc4)nc3)cc2)CCN1C(=O)OC(C)(C)C. The number of piperazine rings is 1. The molecule has 1 atom stereocenters. The lowest BCUT2D eigenvalue weighted by atomic mass is 10.1. The van der Waals surface area contributed by atoms with Crippen LogP contribution in [0.1, 0.15) is 33.3 Å². The summed E-state index contributed by atoms with van der Waals surface area (Å²) in [7, 11) is -3.83. The first-order valence-electron chi connectivity index (χ1n) is 12.5. The van der Waals surface area contributed by atoms with Gasteiger partial charge in [-0.15, -0.1) is 0 Å². The van der Waals surface area contributed by atoms with E-state index in [0.717, 1.165) is 12.1 Å². The van der Waals surface area contributed by atoms with Crippen molar-refractivity contribution in [1.82, 2.24) is 14.8 Å². The van der Waals surface area contributed by atoms with Crippen molar-refractivity contribution in [1.29, 1.82) is 0 Å². The largest absolute Gasteiger partial charge is 0.444 e. The molecule has 1 aliphatic rings. The van der Waals surface area contributed by atoms with Crippen LogP contribution in [0.25, 0.3) is 11.3 Å². The van der Waals surface area contributed by atoms with E-state index in [-0.39, 0.29) is 22.8 Å². The molecule has 202 valence electrons. The van der Waals surface area contributed by atoms with Crippen LogP contribution in [0.3, 0.4) is 0 Å². The van der Waals surface area contributed by atoms with Gasteiger partial charge in [0, 0.05) is 49.7 Å². The molecular formula is C28H33FN4O4S. The molecule has 10 heteroatoms. The average molecular weight is 541 g/mol. The number of halogens is 1. The quantitative estimate of drug-likeness (QED) is 0.466. The van der Waals surface area contributed by atoms with Crippen LogP contribution in [-0.4, -0.2) is 60.6 Å². The first kappa shape index (κ1) is 27.5. The summed E-state index contributed by atoms with van der Waals surface area (Å²) in [5, 5.41) is 0. The number of rotatable bonds is 6. The summed E-state index contributed by atoms with van der Waals surface area (Å²) < 4.78 is 47.0. The average Bonchev–Trinajstić information content (AvgIpc) is 2.85. The van der Waals surface area contributed by atoms with Crippen LogP contribution in [0.2, 0.25) is 0 Å². The number of pyridine rings is 1. The van der Waals surface area contributed by atoms with E-state index < -0.39 is 15.6 Å². The summed E-state index contributed by atoms with van der Waals surface area (Å²) in [6, 6.07) is 16.2. The second-order valence-corrected chi connectivity index (χ2v) is 12.1. The number of hydrogen-bond donors (Lipinski definition) is 1. The van der Waals surface area contributed by atoms with Gasteiger partial charge in [-0.2, -0.15) is 0 Å². The molecule has 1 aromatic heterocycles. The minimum atomic E-state index is -3.83. The van der Waals surface area contributed by atoms with E-state index in [1.54, 1.807) is 35.2 Å². The Balaban J connectivity index is 1.33. The Morgan fingerprint density at radius 1 is 1.05 bits per heavy atom. The molecule has 0 aliphatic carbocycles. The molecule has 1 amide bonds. The Labute approximate surface area is 223 Å². The standard InChI is InChI=1S/C28H33FN4O4S/c1-20-18-32(15-16-33(20)27(34)37-28(2,3)4)19-21-5-11-24(12-6-21)31-38(35,36)25-13-14-26(30-17-25)22-7-9-23(29)10-8-22/h5-14,17,20,31H,15-16,18-19H2,1-4H3/t20-/m0/s1. The third-order valence-corrected chi connectivity index (χ3v) is 7.51. The van der Waals surface area contributed by atoms with Gasteiger partial charge in [-0.05, 0) is 81.8 Å². The number of hydrogen-bond acceptors (Lipinski definition) is 6. The molecule has 0 unspecified atom stereocenters. The van der Waals surface area contributed by atoms with Gasteiger partial charge in [-0.3, -0.25) is 14.6 Å². The molecule has 2 aromatic carbocycles. The third kappa shape index (κ3) is 7.08. The molecule has 4 rings (SSSR count). The number of ether oxygens (including phenoxy) is 1. The highest BCUT2D eigenvalue weighted by Gasteiger charge is 2.30. The van der Waals surface area contributed by atoms with Crippen molar-refractivity contribution < 1.29 is 22.3 Å². The van der Waals surface area contributed by atoms with Gasteiger partial charge >= 0.3 is 6.09 Å². The minimum Gasteiger partial charge on any atom is -0.444 e. The van der Waals surface area contributed by atoms with Crippen molar-refractivity contribution in [2.75, 3.05) is 24.4 Å². The fourth-order valence-electron chi connectivity index (χ4n) is 4.25. The number of nitrogens with one attached hydrogen (secondary N) is 1. The monoisotopic (exact) mass is 540 g/mol. The molecule has 2 heterocycles. The van der Waals surface area contributed by atoms with Crippen LogP contribution < -0.4 is 4.72 Å². The van der Waals surface area contributed by atoms with Gasteiger partial charge in [0.05, 0.1) is 5.69 Å². The van der Waals surface area contributed by atoms with Crippen LogP contribution in [0.5, 0.6) is 0 Å². The Morgan fingerprint density at radius 3 is 2.32 bits per heavy atom. The molecule has 1 aliphatic heterocycles. The highest BCUT2D eigenvalue weighted by Crippen LogP contribution is 2.22. The maximum atomic E-state index is 13.1. The summed E-state index contributed by atoms with van der Waals surface area (Å²) >= 11 is 0. The van der Waals surface area contributed by atoms with Gasteiger partial charge in [0.1, 0.15) is 16.3 Å². The smallest absolute Gasteiger partial charge is 0.410 e. The molecule has 1 saturated heterocycles. The number of nitrogens with zero attached hydrogens (tertiary/aromatic N) is 3. The maximum absolute atomic E-state index is 13.1. The third-order valence-electron chi connectivity index (χ3n) is 6.14. The van der Waals surface area contributed by atoms with Crippen molar-refractivity contribution in [3.05, 3.63) is 78.2 Å². The van der Waals surface area contributed by atoms with E-state index >= 15 is 0 Å². The van der Waals surface area contributed by atoms with E-state index in [0.29, 0.717) is 36.6 Å². The molecule has 1 fully saturated rings. The topological polar surface area (TPSA) is 91.8 Å². The van der Waals surface area contributed by atoms with Crippen LogP contribution in [-0.2, 0) is 21.3 Å². The van der Waals surface area contributed by atoms with Crippen LogP contribution in [0, 0.1) is 5.82 Å². The molecule has 38 heavy (non-hydrogen) atoms. The first-order valence-corrected chi connectivity index (χ1v) is 13.9. The fraction of sp³-hybridized carbons (Fsp3) is 0.357. The molecule has 0 saturated carbocycles. The Hall–Kier alpha value is -3.50. The highest BCUT2D eigenvalue weighted by atomic mass is 32.2. The number of anilines is 1. The first-order chi connectivity index (χ1) is 17.9. The predicted octanol–water partition coefficient (Wildman–Crippen LogP) is 5.13. The minimum absolute atomic E-state index is 0.0211. The molecule has 8 nitrogen and oxygen atoms in total. The normalized spacial score (nSPS) is 16.8. The summed E-state index contributed by atoms with van der Waals surface area (Å²) in [5.74, 6) is -0.349. The Morgan fingerprint density at radius 2 is 1.74 bits per heavy atom.